The fourth-order valence-electron chi connectivity index (χ4n) is 3.21. The molecular weight excluding hydrogens is 366 g/mol. The monoisotopic (exact) mass is 391 g/mol. The van der Waals surface area contributed by atoms with Crippen molar-refractivity contribution in [3.63, 3.8) is 0 Å². The summed E-state index contributed by atoms with van der Waals surface area (Å²) in [5.74, 6) is 0.846. The largest absolute Gasteiger partial charge is 0.497 e. The molecule has 1 aromatic heterocycles. The molecule has 1 heterocycles. The summed E-state index contributed by atoms with van der Waals surface area (Å²) in [5.41, 5.74) is 6.28. The molecular formula is C23H25N3O3. The van der Waals surface area contributed by atoms with Crippen LogP contribution in [-0.2, 0) is 0 Å². The number of carbonyl (C=O) groups is 1. The van der Waals surface area contributed by atoms with Crippen molar-refractivity contribution in [3.8, 4) is 11.5 Å². The predicted octanol–water partition coefficient (Wildman–Crippen LogP) is 5.02. The maximum absolute atomic E-state index is 12.6. The zero-order valence-corrected chi connectivity index (χ0v) is 17.3. The van der Waals surface area contributed by atoms with E-state index >= 15 is 0 Å². The first kappa shape index (κ1) is 20.2. The Balaban J connectivity index is 1.74. The topological polar surface area (TPSA) is 72.5 Å². The van der Waals surface area contributed by atoms with Gasteiger partial charge < -0.3 is 20.1 Å². The molecule has 0 radical (unpaired) electrons. The number of aromatic nitrogens is 1. The molecule has 0 saturated carbocycles. The van der Waals surface area contributed by atoms with Crippen LogP contribution in [0.3, 0.4) is 0 Å². The molecule has 0 aliphatic carbocycles. The molecule has 0 fully saturated rings. The molecule has 0 aliphatic heterocycles. The van der Waals surface area contributed by atoms with Crippen molar-refractivity contribution in [2.45, 2.75) is 20.8 Å². The first-order chi connectivity index (χ1) is 13.9. The minimum absolute atomic E-state index is 0.311. The zero-order chi connectivity index (χ0) is 21.0. The number of nitrogens with zero attached hydrogens (tertiary/aromatic N) is 1. The minimum Gasteiger partial charge on any atom is -0.497 e. The quantitative estimate of drug-likeness (QED) is 0.617. The van der Waals surface area contributed by atoms with E-state index in [1.807, 2.05) is 6.07 Å². The zero-order valence-electron chi connectivity index (χ0n) is 17.3. The van der Waals surface area contributed by atoms with Crippen molar-refractivity contribution in [2.24, 2.45) is 0 Å². The van der Waals surface area contributed by atoms with Gasteiger partial charge in [0.15, 0.2) is 0 Å². The number of anilines is 3. The van der Waals surface area contributed by atoms with Crippen LogP contribution >= 0.6 is 0 Å². The van der Waals surface area contributed by atoms with Crippen LogP contribution in [0.2, 0.25) is 0 Å². The number of aryl methyl sites for hydroxylation is 3. The van der Waals surface area contributed by atoms with E-state index in [0.29, 0.717) is 22.9 Å². The molecule has 3 aromatic rings. The molecule has 29 heavy (non-hydrogen) atoms. The Hall–Kier alpha value is -3.54. The highest BCUT2D eigenvalue weighted by molar-refractivity contribution is 6.03. The van der Waals surface area contributed by atoms with E-state index in [-0.39, 0.29) is 5.91 Å². The fourth-order valence-corrected chi connectivity index (χ4v) is 3.21. The fraction of sp³-hybridized carbons (Fsp3) is 0.217. The second-order valence-corrected chi connectivity index (χ2v) is 6.85. The van der Waals surface area contributed by atoms with Crippen molar-refractivity contribution in [2.75, 3.05) is 24.9 Å². The molecule has 0 atom stereocenters. The number of carbonyl (C=O) groups excluding carboxylic acids is 1. The van der Waals surface area contributed by atoms with Gasteiger partial charge in [0.25, 0.3) is 5.91 Å². The van der Waals surface area contributed by atoms with Gasteiger partial charge in [-0.2, -0.15) is 0 Å². The van der Waals surface area contributed by atoms with Crippen LogP contribution in [0.1, 0.15) is 27.2 Å². The van der Waals surface area contributed by atoms with E-state index in [9.17, 15) is 4.79 Å². The predicted molar refractivity (Wildman–Crippen MR) is 116 cm³/mol. The lowest BCUT2D eigenvalue weighted by Gasteiger charge is -2.14. The maximum Gasteiger partial charge on any atom is 0.274 e. The number of hydrogen-bond acceptors (Lipinski definition) is 5. The van der Waals surface area contributed by atoms with E-state index in [0.717, 1.165) is 22.5 Å². The van der Waals surface area contributed by atoms with Crippen molar-refractivity contribution in [1.82, 2.24) is 4.98 Å². The standard InChI is InChI=1S/C23H25N3O3/c1-14-10-15(2)22(16(3)11-14)25-17-6-8-20(24-13-17)23(27)26-19-9-7-18(28-4)12-21(19)29-5/h6-13,25H,1-5H3,(H,26,27). The lowest BCUT2D eigenvalue weighted by molar-refractivity contribution is 0.102. The summed E-state index contributed by atoms with van der Waals surface area (Å²) < 4.78 is 10.5. The molecule has 6 nitrogen and oxygen atoms in total. The molecule has 0 saturated heterocycles. The number of benzene rings is 2. The van der Waals surface area contributed by atoms with Crippen LogP contribution in [0, 0.1) is 20.8 Å². The van der Waals surface area contributed by atoms with Crippen molar-refractivity contribution in [3.05, 3.63) is 71.0 Å². The van der Waals surface area contributed by atoms with Crippen molar-refractivity contribution < 1.29 is 14.3 Å². The smallest absolute Gasteiger partial charge is 0.274 e. The number of hydrogen-bond donors (Lipinski definition) is 2. The molecule has 3 rings (SSSR count). The third-order valence-electron chi connectivity index (χ3n) is 4.60. The Morgan fingerprint density at radius 2 is 1.66 bits per heavy atom. The second kappa shape index (κ2) is 8.65. The van der Waals surface area contributed by atoms with E-state index in [1.54, 1.807) is 37.6 Å². The van der Waals surface area contributed by atoms with Crippen molar-refractivity contribution >= 4 is 23.0 Å². The lowest BCUT2D eigenvalue weighted by atomic mass is 10.0. The highest BCUT2D eigenvalue weighted by Gasteiger charge is 2.12. The average molecular weight is 391 g/mol. The van der Waals surface area contributed by atoms with E-state index in [2.05, 4.69) is 48.5 Å². The van der Waals surface area contributed by atoms with Gasteiger partial charge in [-0.3, -0.25) is 4.79 Å². The van der Waals surface area contributed by atoms with Crippen LogP contribution in [0.5, 0.6) is 11.5 Å². The normalized spacial score (nSPS) is 10.4. The summed E-state index contributed by atoms with van der Waals surface area (Å²) in [5, 5.41) is 6.21. The van der Waals surface area contributed by atoms with E-state index in [1.165, 1.54) is 12.7 Å². The van der Waals surface area contributed by atoms with Gasteiger partial charge in [0.1, 0.15) is 17.2 Å². The molecule has 0 bridgehead atoms. The Kier molecular flexibility index (Phi) is 6.02. The maximum atomic E-state index is 12.6. The summed E-state index contributed by atoms with van der Waals surface area (Å²) >= 11 is 0. The first-order valence-electron chi connectivity index (χ1n) is 9.25. The molecule has 0 spiro atoms. The Morgan fingerprint density at radius 1 is 0.931 bits per heavy atom. The van der Waals surface area contributed by atoms with Gasteiger partial charge in [0.2, 0.25) is 0 Å². The second-order valence-electron chi connectivity index (χ2n) is 6.85. The van der Waals surface area contributed by atoms with Gasteiger partial charge in [-0.05, 0) is 56.2 Å². The Labute approximate surface area is 170 Å². The molecule has 150 valence electrons. The van der Waals surface area contributed by atoms with Gasteiger partial charge in [0, 0.05) is 11.8 Å². The van der Waals surface area contributed by atoms with E-state index < -0.39 is 0 Å². The van der Waals surface area contributed by atoms with Crippen LogP contribution < -0.4 is 20.1 Å². The molecule has 0 unspecified atom stereocenters. The van der Waals surface area contributed by atoms with Crippen molar-refractivity contribution in [1.29, 1.82) is 0 Å². The van der Waals surface area contributed by atoms with Crippen LogP contribution in [0.4, 0.5) is 17.1 Å². The molecule has 0 aliphatic rings. The van der Waals surface area contributed by atoms with Crippen LogP contribution in [-0.4, -0.2) is 25.1 Å². The van der Waals surface area contributed by atoms with Gasteiger partial charge in [-0.1, -0.05) is 17.7 Å². The average Bonchev–Trinajstić information content (AvgIpc) is 2.71. The van der Waals surface area contributed by atoms with Gasteiger partial charge >= 0.3 is 0 Å². The highest BCUT2D eigenvalue weighted by atomic mass is 16.5. The number of amides is 1. The minimum atomic E-state index is -0.317. The number of methoxy groups -OCH3 is 2. The van der Waals surface area contributed by atoms with Gasteiger partial charge in [-0.15, -0.1) is 0 Å². The summed E-state index contributed by atoms with van der Waals surface area (Å²) in [6.45, 7) is 6.22. The van der Waals surface area contributed by atoms with Crippen LogP contribution in [0.15, 0.2) is 48.7 Å². The third-order valence-corrected chi connectivity index (χ3v) is 4.60. The SMILES string of the molecule is COc1ccc(NC(=O)c2ccc(Nc3c(C)cc(C)cc3C)cn2)c(OC)c1. The number of rotatable bonds is 6. The highest BCUT2D eigenvalue weighted by Crippen LogP contribution is 2.29. The number of nitrogens with one attached hydrogen (secondary N) is 2. The Morgan fingerprint density at radius 3 is 2.24 bits per heavy atom. The third kappa shape index (κ3) is 4.66. The molecule has 2 aromatic carbocycles. The number of pyridine rings is 1. The molecule has 1 amide bonds. The first-order valence-corrected chi connectivity index (χ1v) is 9.25. The summed E-state index contributed by atoms with van der Waals surface area (Å²) in [6, 6.07) is 13.0. The summed E-state index contributed by atoms with van der Waals surface area (Å²) in [7, 11) is 3.12. The summed E-state index contributed by atoms with van der Waals surface area (Å²) in [4.78, 5) is 16.9. The Bertz CT molecular complexity index is 1010. The summed E-state index contributed by atoms with van der Waals surface area (Å²) in [6.07, 6.45) is 1.65. The molecule has 6 heteroatoms. The van der Waals surface area contributed by atoms with E-state index in [4.69, 9.17) is 9.47 Å². The van der Waals surface area contributed by atoms with Gasteiger partial charge in [0.05, 0.1) is 31.8 Å². The van der Waals surface area contributed by atoms with Gasteiger partial charge in [-0.25, -0.2) is 4.98 Å². The molecule has 2 N–H and O–H groups in total. The van der Waals surface area contributed by atoms with Crippen LogP contribution in [0.25, 0.3) is 0 Å². The lowest BCUT2D eigenvalue weighted by Crippen LogP contribution is -2.14. The number of ether oxygens (including phenoxy) is 2.